The molecule has 0 spiro atoms. The quantitative estimate of drug-likeness (QED) is 0.682. The second-order valence-electron chi connectivity index (χ2n) is 4.98. The van der Waals surface area contributed by atoms with Gasteiger partial charge in [0.2, 0.25) is 11.9 Å². The van der Waals surface area contributed by atoms with Crippen molar-refractivity contribution in [1.29, 1.82) is 0 Å². The number of anilines is 2. The van der Waals surface area contributed by atoms with Crippen molar-refractivity contribution in [2.45, 2.75) is 19.5 Å². The average Bonchev–Trinajstić information content (AvgIpc) is 2.43. The van der Waals surface area contributed by atoms with Crippen LogP contribution in [0.15, 0.2) is 4.79 Å². The molecule has 5 N–H and O–H groups in total. The van der Waals surface area contributed by atoms with Gasteiger partial charge in [-0.3, -0.25) is 14.7 Å². The maximum atomic E-state index is 12.0. The largest absolute Gasteiger partial charge is 0.369 e. The topological polar surface area (TPSA) is 127 Å². The number of rotatable bonds is 2. The molecule has 1 aliphatic heterocycles. The van der Waals surface area contributed by atoms with E-state index in [1.807, 2.05) is 4.90 Å². The number of nitrogens with one attached hydrogen (secondary N) is 1. The lowest BCUT2D eigenvalue weighted by molar-refractivity contribution is 0.241. The van der Waals surface area contributed by atoms with E-state index in [9.17, 15) is 4.79 Å². The number of H-pyrrole nitrogens is 1. The third kappa shape index (κ3) is 2.85. The Kier molecular flexibility index (Phi) is 3.90. The van der Waals surface area contributed by atoms with Gasteiger partial charge in [-0.05, 0) is 0 Å². The molecule has 0 aliphatic carbocycles. The van der Waals surface area contributed by atoms with Gasteiger partial charge in [-0.1, -0.05) is 23.2 Å². The van der Waals surface area contributed by atoms with Crippen molar-refractivity contribution in [3.05, 3.63) is 37.5 Å². The molecule has 0 bridgehead atoms. The molecule has 22 heavy (non-hydrogen) atoms. The van der Waals surface area contributed by atoms with Gasteiger partial charge in [-0.15, -0.1) is 0 Å². The van der Waals surface area contributed by atoms with Crippen LogP contribution in [0.2, 0.25) is 10.3 Å². The van der Waals surface area contributed by atoms with E-state index in [1.54, 1.807) is 0 Å². The molecule has 2 aromatic heterocycles. The number of nitrogen functional groups attached to an aromatic ring is 2. The van der Waals surface area contributed by atoms with Crippen LogP contribution in [0.1, 0.15) is 16.8 Å². The molecular weight excluding hydrogens is 329 g/mol. The van der Waals surface area contributed by atoms with Crippen LogP contribution < -0.4 is 17.0 Å². The number of fused-ring (bicyclic) bond motifs is 1. The highest BCUT2D eigenvalue weighted by atomic mass is 35.5. The van der Waals surface area contributed by atoms with Gasteiger partial charge in [0.15, 0.2) is 0 Å². The van der Waals surface area contributed by atoms with Crippen molar-refractivity contribution in [3.63, 3.8) is 0 Å². The molecule has 0 amide bonds. The molecule has 0 radical (unpaired) electrons. The third-order valence-electron chi connectivity index (χ3n) is 3.47. The van der Waals surface area contributed by atoms with Crippen molar-refractivity contribution >= 4 is 35.1 Å². The Bertz CT molecular complexity index is 769. The molecule has 0 atom stereocenters. The number of hydrogen-bond donors (Lipinski definition) is 3. The van der Waals surface area contributed by atoms with Gasteiger partial charge in [0.25, 0.3) is 5.56 Å². The molecule has 2 aromatic rings. The summed E-state index contributed by atoms with van der Waals surface area (Å²) in [5, 5.41) is 0.431. The molecule has 116 valence electrons. The van der Waals surface area contributed by atoms with Gasteiger partial charge in [-0.2, -0.15) is 0 Å². The summed E-state index contributed by atoms with van der Waals surface area (Å²) in [5.41, 5.74) is 12.7. The Hall–Kier alpha value is -1.90. The smallest absolute Gasteiger partial charge is 0.257 e. The van der Waals surface area contributed by atoms with Crippen LogP contribution >= 0.6 is 23.2 Å². The number of halogens is 2. The Morgan fingerprint density at radius 3 is 2.55 bits per heavy atom. The summed E-state index contributed by atoms with van der Waals surface area (Å²) >= 11 is 12.1. The fourth-order valence-electron chi connectivity index (χ4n) is 2.44. The van der Waals surface area contributed by atoms with Crippen LogP contribution in [-0.2, 0) is 19.5 Å². The second-order valence-corrected chi connectivity index (χ2v) is 5.70. The monoisotopic (exact) mass is 341 g/mol. The highest BCUT2D eigenvalue weighted by Gasteiger charge is 2.23. The molecule has 8 nitrogen and oxygen atoms in total. The first kappa shape index (κ1) is 15.0. The van der Waals surface area contributed by atoms with Crippen LogP contribution in [0.3, 0.4) is 0 Å². The van der Waals surface area contributed by atoms with E-state index in [1.165, 1.54) is 0 Å². The molecule has 0 fully saturated rings. The van der Waals surface area contributed by atoms with E-state index in [2.05, 4.69) is 19.9 Å². The van der Waals surface area contributed by atoms with Gasteiger partial charge in [0.05, 0.1) is 11.3 Å². The molecule has 0 aromatic carbocycles. The van der Waals surface area contributed by atoms with E-state index >= 15 is 0 Å². The lowest BCUT2D eigenvalue weighted by Crippen LogP contribution is -2.35. The fraction of sp³-hybridized carbons (Fsp3) is 0.333. The Balaban J connectivity index is 1.86. The molecule has 10 heteroatoms. The Labute approximate surface area is 135 Å². The van der Waals surface area contributed by atoms with Crippen LogP contribution in [0.5, 0.6) is 0 Å². The normalized spacial score (nSPS) is 14.8. The van der Waals surface area contributed by atoms with Gasteiger partial charge >= 0.3 is 0 Å². The average molecular weight is 342 g/mol. The summed E-state index contributed by atoms with van der Waals surface area (Å²) in [5.74, 6) is 0.161. The van der Waals surface area contributed by atoms with Crippen molar-refractivity contribution in [2.75, 3.05) is 18.0 Å². The predicted octanol–water partition coefficient (Wildman–Crippen LogP) is 0.589. The first-order chi connectivity index (χ1) is 10.4. The van der Waals surface area contributed by atoms with Crippen LogP contribution in [0.25, 0.3) is 0 Å². The summed E-state index contributed by atoms with van der Waals surface area (Å²) < 4.78 is 0. The van der Waals surface area contributed by atoms with Crippen LogP contribution in [0, 0.1) is 0 Å². The summed E-state index contributed by atoms with van der Waals surface area (Å²) in [6.07, 6.45) is 0.620. The lowest BCUT2D eigenvalue weighted by Gasteiger charge is -2.27. The zero-order valence-electron chi connectivity index (χ0n) is 11.4. The minimum absolute atomic E-state index is 0.0267. The zero-order chi connectivity index (χ0) is 15.9. The lowest BCUT2D eigenvalue weighted by atomic mass is 10.1. The summed E-state index contributed by atoms with van der Waals surface area (Å²) in [4.78, 5) is 28.4. The van der Waals surface area contributed by atoms with Crippen molar-refractivity contribution < 1.29 is 0 Å². The number of aromatic amines is 1. The summed E-state index contributed by atoms with van der Waals surface area (Å²) in [6, 6.07) is 0. The molecular formula is C12H13Cl2N7O. The number of hydrogen-bond acceptors (Lipinski definition) is 7. The first-order valence-electron chi connectivity index (χ1n) is 6.51. The maximum absolute atomic E-state index is 12.0. The van der Waals surface area contributed by atoms with E-state index in [-0.39, 0.29) is 27.8 Å². The standard InChI is InChI=1S/C12H13Cl2N7O/c13-8-6(9(14)19-12(16)18-8)4-21-2-1-7-5(3-21)10(22)20-11(15)17-7/h1-4H2,(H2,16,18,19)(H3,15,17,20,22). The van der Waals surface area contributed by atoms with Crippen molar-refractivity contribution in [3.8, 4) is 0 Å². The number of aromatic nitrogens is 4. The number of nitrogens with zero attached hydrogens (tertiary/aromatic N) is 4. The van der Waals surface area contributed by atoms with Gasteiger partial charge in [0, 0.05) is 31.6 Å². The Morgan fingerprint density at radius 1 is 1.18 bits per heavy atom. The molecule has 3 rings (SSSR count). The van der Waals surface area contributed by atoms with Gasteiger partial charge in [-0.25, -0.2) is 15.0 Å². The molecule has 0 saturated heterocycles. The first-order valence-corrected chi connectivity index (χ1v) is 7.27. The van der Waals surface area contributed by atoms with Crippen LogP contribution in [-0.4, -0.2) is 31.4 Å². The van der Waals surface area contributed by atoms with E-state index < -0.39 is 0 Å². The minimum atomic E-state index is -0.224. The van der Waals surface area contributed by atoms with E-state index in [0.29, 0.717) is 37.2 Å². The highest BCUT2D eigenvalue weighted by molar-refractivity contribution is 6.34. The SMILES string of the molecule is Nc1nc(Cl)c(CN2CCc3nc(N)[nH]c(=O)c3C2)c(Cl)n1. The van der Waals surface area contributed by atoms with Gasteiger partial charge in [0.1, 0.15) is 10.3 Å². The van der Waals surface area contributed by atoms with Gasteiger partial charge < -0.3 is 11.5 Å². The van der Waals surface area contributed by atoms with E-state index in [0.717, 1.165) is 5.69 Å². The third-order valence-corrected chi connectivity index (χ3v) is 4.10. The van der Waals surface area contributed by atoms with Crippen molar-refractivity contribution in [1.82, 2.24) is 24.8 Å². The molecule has 3 heterocycles. The zero-order valence-corrected chi connectivity index (χ0v) is 12.9. The number of nitrogens with two attached hydrogens (primary N) is 2. The fourth-order valence-corrected chi connectivity index (χ4v) is 2.96. The molecule has 0 unspecified atom stereocenters. The highest BCUT2D eigenvalue weighted by Crippen LogP contribution is 2.25. The minimum Gasteiger partial charge on any atom is -0.369 e. The van der Waals surface area contributed by atoms with Crippen molar-refractivity contribution in [2.24, 2.45) is 0 Å². The van der Waals surface area contributed by atoms with E-state index in [4.69, 9.17) is 34.7 Å². The summed E-state index contributed by atoms with van der Waals surface area (Å²) in [7, 11) is 0. The summed E-state index contributed by atoms with van der Waals surface area (Å²) in [6.45, 7) is 1.54. The Morgan fingerprint density at radius 2 is 1.86 bits per heavy atom. The molecule has 1 aliphatic rings. The molecule has 0 saturated carbocycles. The second kappa shape index (κ2) is 5.71. The predicted molar refractivity (Wildman–Crippen MR) is 83.6 cm³/mol. The van der Waals surface area contributed by atoms with Crippen LogP contribution in [0.4, 0.5) is 11.9 Å². The maximum Gasteiger partial charge on any atom is 0.257 e.